The largest absolute Gasteiger partial charge is 0.486 e. The molecule has 4 rings (SSSR count). The molecule has 0 atom stereocenters. The van der Waals surface area contributed by atoms with E-state index in [-0.39, 0.29) is 0 Å². The molecule has 5 nitrogen and oxygen atoms in total. The van der Waals surface area contributed by atoms with Gasteiger partial charge in [0.2, 0.25) is 4.80 Å². The number of ether oxygens (including phenoxy) is 2. The molecule has 7 heteroatoms. The molecule has 0 spiro atoms. The van der Waals surface area contributed by atoms with Gasteiger partial charge in [-0.3, -0.25) is 4.99 Å². The molecule has 0 bridgehead atoms. The highest BCUT2D eigenvalue weighted by atomic mass is 32.1. The molecule has 0 saturated carbocycles. The maximum Gasteiger partial charge on any atom is 0.205 e. The summed E-state index contributed by atoms with van der Waals surface area (Å²) >= 11 is 3.28. The second-order valence-electron chi connectivity index (χ2n) is 5.46. The van der Waals surface area contributed by atoms with E-state index in [0.717, 1.165) is 33.3 Å². The average molecular weight is 371 g/mol. The predicted molar refractivity (Wildman–Crippen MR) is 102 cm³/mol. The summed E-state index contributed by atoms with van der Waals surface area (Å²) in [5.41, 5.74) is 2.95. The minimum atomic E-state index is 0.577. The second-order valence-corrected chi connectivity index (χ2v) is 7.24. The topological polar surface area (TPSA) is 48.1 Å². The van der Waals surface area contributed by atoms with Gasteiger partial charge in [0.25, 0.3) is 0 Å². The van der Waals surface area contributed by atoms with Crippen LogP contribution in [0.3, 0.4) is 0 Å². The van der Waals surface area contributed by atoms with Crippen molar-refractivity contribution >= 4 is 28.4 Å². The predicted octanol–water partition coefficient (Wildman–Crippen LogP) is 3.85. The van der Waals surface area contributed by atoms with Crippen LogP contribution in [0.2, 0.25) is 0 Å². The number of hydrogen-bond acceptors (Lipinski definition) is 6. The fraction of sp³-hybridized carbons (Fsp3) is 0.222. The Morgan fingerprint density at radius 2 is 1.96 bits per heavy atom. The zero-order valence-corrected chi connectivity index (χ0v) is 15.6. The van der Waals surface area contributed by atoms with Crippen molar-refractivity contribution in [3.63, 3.8) is 0 Å². The van der Waals surface area contributed by atoms with Gasteiger partial charge in [-0.1, -0.05) is 6.07 Å². The zero-order valence-electron chi connectivity index (χ0n) is 13.9. The standard InChI is InChI=1S/C18H17N3O2S2/c1-12(13-5-6-15-16(10-13)23-8-7-22-15)20-21-14(11-25-18(21)19-2)17-4-3-9-24-17/h3-6,9-11H,7-8H2,1-2H3. The number of rotatable bonds is 3. The lowest BCUT2D eigenvalue weighted by Gasteiger charge is -2.18. The summed E-state index contributed by atoms with van der Waals surface area (Å²) in [6.07, 6.45) is 0. The van der Waals surface area contributed by atoms with Crippen LogP contribution in [0.5, 0.6) is 11.5 Å². The molecule has 25 heavy (non-hydrogen) atoms. The lowest BCUT2D eigenvalue weighted by Crippen LogP contribution is -2.16. The molecular formula is C18H17N3O2S2. The number of fused-ring (bicyclic) bond motifs is 1. The fourth-order valence-electron chi connectivity index (χ4n) is 2.62. The van der Waals surface area contributed by atoms with Gasteiger partial charge < -0.3 is 9.47 Å². The van der Waals surface area contributed by atoms with Gasteiger partial charge in [0.15, 0.2) is 11.5 Å². The number of benzene rings is 1. The second kappa shape index (κ2) is 6.85. The van der Waals surface area contributed by atoms with Gasteiger partial charge in [0.1, 0.15) is 13.2 Å². The summed E-state index contributed by atoms with van der Waals surface area (Å²) in [4.78, 5) is 6.38. The van der Waals surface area contributed by atoms with Crippen molar-refractivity contribution in [1.82, 2.24) is 4.68 Å². The van der Waals surface area contributed by atoms with Crippen LogP contribution in [0.4, 0.5) is 0 Å². The number of thiophene rings is 1. The summed E-state index contributed by atoms with van der Waals surface area (Å²) in [7, 11) is 1.79. The zero-order chi connectivity index (χ0) is 17.2. The molecule has 1 aliphatic rings. The Kier molecular flexibility index (Phi) is 4.42. The molecular weight excluding hydrogens is 354 g/mol. The van der Waals surface area contributed by atoms with Gasteiger partial charge in [-0.15, -0.1) is 22.7 Å². The third kappa shape index (κ3) is 3.12. The Hall–Kier alpha value is -2.38. The first-order valence-electron chi connectivity index (χ1n) is 7.89. The molecule has 2 aromatic heterocycles. The summed E-state index contributed by atoms with van der Waals surface area (Å²) in [6, 6.07) is 10.1. The maximum absolute atomic E-state index is 5.68. The van der Waals surface area contributed by atoms with Crippen LogP contribution in [0, 0.1) is 0 Å². The van der Waals surface area contributed by atoms with Crippen LogP contribution in [0.15, 0.2) is 51.2 Å². The van der Waals surface area contributed by atoms with E-state index >= 15 is 0 Å². The van der Waals surface area contributed by atoms with Gasteiger partial charge in [0, 0.05) is 18.0 Å². The molecule has 0 amide bonds. The van der Waals surface area contributed by atoms with Crippen molar-refractivity contribution < 1.29 is 9.47 Å². The number of hydrogen-bond donors (Lipinski definition) is 0. The third-order valence-corrected chi connectivity index (χ3v) is 5.66. The first-order valence-corrected chi connectivity index (χ1v) is 9.65. The Balaban J connectivity index is 1.77. The van der Waals surface area contributed by atoms with Gasteiger partial charge in [-0.2, -0.15) is 5.10 Å². The molecule has 128 valence electrons. The van der Waals surface area contributed by atoms with Crippen molar-refractivity contribution in [3.8, 4) is 22.1 Å². The smallest absolute Gasteiger partial charge is 0.205 e. The molecule has 0 aliphatic carbocycles. The Morgan fingerprint density at radius 1 is 1.12 bits per heavy atom. The van der Waals surface area contributed by atoms with E-state index in [2.05, 4.69) is 21.8 Å². The molecule has 1 aromatic carbocycles. The Labute approximate surface area is 153 Å². The number of aromatic nitrogens is 1. The lowest BCUT2D eigenvalue weighted by atomic mass is 10.1. The molecule has 0 N–H and O–H groups in total. The van der Waals surface area contributed by atoms with Crippen LogP contribution in [0.25, 0.3) is 10.6 Å². The first-order chi connectivity index (χ1) is 12.3. The van der Waals surface area contributed by atoms with Gasteiger partial charge >= 0.3 is 0 Å². The van der Waals surface area contributed by atoms with Crippen molar-refractivity contribution in [2.75, 3.05) is 20.3 Å². The van der Waals surface area contributed by atoms with Crippen molar-refractivity contribution in [2.24, 2.45) is 10.1 Å². The van der Waals surface area contributed by atoms with Crippen LogP contribution in [-0.2, 0) is 0 Å². The van der Waals surface area contributed by atoms with E-state index < -0.39 is 0 Å². The van der Waals surface area contributed by atoms with Gasteiger partial charge in [0.05, 0.1) is 16.3 Å². The molecule has 3 heterocycles. The van der Waals surface area contributed by atoms with Crippen molar-refractivity contribution in [2.45, 2.75) is 6.92 Å². The monoisotopic (exact) mass is 371 g/mol. The molecule has 0 unspecified atom stereocenters. The SMILES string of the molecule is CN=c1scc(-c2cccs2)n1N=C(C)c1ccc2c(c1)OCCO2. The van der Waals surface area contributed by atoms with E-state index in [1.165, 1.54) is 4.88 Å². The van der Waals surface area contributed by atoms with E-state index in [9.17, 15) is 0 Å². The molecule has 0 fully saturated rings. The summed E-state index contributed by atoms with van der Waals surface area (Å²) in [6.45, 7) is 3.16. The van der Waals surface area contributed by atoms with Crippen LogP contribution in [0.1, 0.15) is 12.5 Å². The number of thiazole rings is 1. The van der Waals surface area contributed by atoms with Crippen LogP contribution >= 0.6 is 22.7 Å². The highest BCUT2D eigenvalue weighted by Crippen LogP contribution is 2.31. The third-order valence-electron chi connectivity index (χ3n) is 3.86. The highest BCUT2D eigenvalue weighted by molar-refractivity contribution is 7.14. The summed E-state index contributed by atoms with van der Waals surface area (Å²) in [5.74, 6) is 1.56. The minimum Gasteiger partial charge on any atom is -0.486 e. The molecule has 0 saturated heterocycles. The average Bonchev–Trinajstić information content (AvgIpc) is 3.30. The normalized spacial score (nSPS) is 14.8. The Morgan fingerprint density at radius 3 is 2.72 bits per heavy atom. The lowest BCUT2D eigenvalue weighted by molar-refractivity contribution is 0.171. The number of nitrogens with zero attached hydrogens (tertiary/aromatic N) is 3. The van der Waals surface area contributed by atoms with Crippen LogP contribution < -0.4 is 14.3 Å². The summed E-state index contributed by atoms with van der Waals surface area (Å²) < 4.78 is 13.2. The Bertz CT molecular complexity index is 984. The van der Waals surface area contributed by atoms with Gasteiger partial charge in [-0.05, 0) is 36.6 Å². The summed E-state index contributed by atoms with van der Waals surface area (Å²) in [5, 5.41) is 8.98. The minimum absolute atomic E-state index is 0.577. The van der Waals surface area contributed by atoms with E-state index in [1.807, 2.05) is 35.9 Å². The molecule has 0 radical (unpaired) electrons. The maximum atomic E-state index is 5.68. The van der Waals surface area contributed by atoms with Crippen molar-refractivity contribution in [1.29, 1.82) is 0 Å². The van der Waals surface area contributed by atoms with E-state index in [0.29, 0.717) is 13.2 Å². The van der Waals surface area contributed by atoms with Crippen molar-refractivity contribution in [3.05, 3.63) is 51.5 Å². The fourth-order valence-corrected chi connectivity index (χ4v) is 4.21. The van der Waals surface area contributed by atoms with E-state index in [4.69, 9.17) is 14.6 Å². The first kappa shape index (κ1) is 16.1. The quantitative estimate of drug-likeness (QED) is 0.657. The molecule has 1 aliphatic heterocycles. The molecule has 3 aromatic rings. The van der Waals surface area contributed by atoms with E-state index in [1.54, 1.807) is 29.7 Å². The van der Waals surface area contributed by atoms with Gasteiger partial charge in [-0.25, -0.2) is 4.68 Å². The van der Waals surface area contributed by atoms with Crippen LogP contribution in [-0.4, -0.2) is 30.6 Å². The highest BCUT2D eigenvalue weighted by Gasteiger charge is 2.14.